The zero-order chi connectivity index (χ0) is 18.8. The van der Waals surface area contributed by atoms with Crippen molar-refractivity contribution < 1.29 is 9.59 Å². The van der Waals surface area contributed by atoms with E-state index in [-0.39, 0.29) is 17.7 Å². The highest BCUT2D eigenvalue weighted by molar-refractivity contribution is 6.05. The second-order valence-corrected chi connectivity index (χ2v) is 6.55. The van der Waals surface area contributed by atoms with Crippen molar-refractivity contribution in [3.05, 3.63) is 59.9 Å². The number of amides is 2. The maximum atomic E-state index is 12.6. The molecule has 1 fully saturated rings. The Bertz CT molecular complexity index is 995. The summed E-state index contributed by atoms with van der Waals surface area (Å²) in [5, 5.41) is 16.8. The van der Waals surface area contributed by atoms with Gasteiger partial charge in [0.15, 0.2) is 0 Å². The molecule has 0 saturated heterocycles. The van der Waals surface area contributed by atoms with Crippen LogP contribution in [0.5, 0.6) is 0 Å². The van der Waals surface area contributed by atoms with E-state index in [4.69, 9.17) is 0 Å². The van der Waals surface area contributed by atoms with E-state index in [0.717, 1.165) is 24.1 Å². The van der Waals surface area contributed by atoms with Crippen LogP contribution < -0.4 is 10.6 Å². The van der Waals surface area contributed by atoms with Crippen molar-refractivity contribution >= 4 is 23.2 Å². The van der Waals surface area contributed by atoms with Crippen LogP contribution in [0.4, 0.5) is 11.4 Å². The maximum absolute atomic E-state index is 12.6. The van der Waals surface area contributed by atoms with Gasteiger partial charge in [-0.15, -0.1) is 5.10 Å². The van der Waals surface area contributed by atoms with Crippen molar-refractivity contribution in [2.75, 3.05) is 10.6 Å². The molecule has 0 spiro atoms. The minimum absolute atomic E-state index is 0.0345. The summed E-state index contributed by atoms with van der Waals surface area (Å²) < 4.78 is 1.54. The van der Waals surface area contributed by atoms with E-state index < -0.39 is 0 Å². The fraction of sp³-hybridized carbons (Fsp3) is 0.211. The topological polar surface area (TPSA) is 102 Å². The van der Waals surface area contributed by atoms with Gasteiger partial charge >= 0.3 is 0 Å². The van der Waals surface area contributed by atoms with Gasteiger partial charge in [0.2, 0.25) is 5.91 Å². The third kappa shape index (κ3) is 3.84. The van der Waals surface area contributed by atoms with Gasteiger partial charge in [-0.2, -0.15) is 0 Å². The number of carbonyl (C=O) groups excluding carboxylic acids is 2. The van der Waals surface area contributed by atoms with Crippen LogP contribution in [-0.2, 0) is 4.79 Å². The molecule has 2 aromatic carbocycles. The standard InChI is InChI=1S/C19H18N6O2/c1-12-9-14(7-8-17(12)25-11-20-23-24-25)19(27)22-16-4-2-3-15(10-16)21-18(26)13-5-6-13/h2-4,7-11,13H,5-6H2,1H3,(H,21,26)(H,22,27). The fourth-order valence-corrected chi connectivity index (χ4v) is 2.79. The third-order valence-corrected chi connectivity index (χ3v) is 4.39. The molecule has 27 heavy (non-hydrogen) atoms. The zero-order valence-corrected chi connectivity index (χ0v) is 14.7. The molecule has 0 radical (unpaired) electrons. The number of nitrogens with zero attached hydrogens (tertiary/aromatic N) is 4. The lowest BCUT2D eigenvalue weighted by molar-refractivity contribution is -0.117. The fourth-order valence-electron chi connectivity index (χ4n) is 2.79. The summed E-state index contributed by atoms with van der Waals surface area (Å²) in [5.41, 5.74) is 3.50. The van der Waals surface area contributed by atoms with Crippen molar-refractivity contribution in [1.82, 2.24) is 20.2 Å². The molecular formula is C19H18N6O2. The SMILES string of the molecule is Cc1cc(C(=O)Nc2cccc(NC(=O)C3CC3)c2)ccc1-n1cnnn1. The maximum Gasteiger partial charge on any atom is 0.255 e. The van der Waals surface area contributed by atoms with E-state index in [0.29, 0.717) is 16.9 Å². The number of aromatic nitrogens is 4. The Kier molecular flexibility index (Phi) is 4.37. The van der Waals surface area contributed by atoms with Crippen molar-refractivity contribution in [3.8, 4) is 5.69 Å². The van der Waals surface area contributed by atoms with Gasteiger partial charge in [-0.25, -0.2) is 4.68 Å². The molecule has 136 valence electrons. The highest BCUT2D eigenvalue weighted by Crippen LogP contribution is 2.30. The van der Waals surface area contributed by atoms with Crippen LogP contribution >= 0.6 is 0 Å². The van der Waals surface area contributed by atoms with Crippen molar-refractivity contribution in [2.24, 2.45) is 5.92 Å². The number of anilines is 2. The largest absolute Gasteiger partial charge is 0.326 e. The van der Waals surface area contributed by atoms with E-state index in [9.17, 15) is 9.59 Å². The van der Waals surface area contributed by atoms with E-state index in [1.54, 1.807) is 47.1 Å². The molecule has 1 aliphatic carbocycles. The Morgan fingerprint density at radius 2 is 1.85 bits per heavy atom. The Morgan fingerprint density at radius 3 is 2.52 bits per heavy atom. The molecule has 3 aromatic rings. The van der Waals surface area contributed by atoms with Crippen LogP contribution in [0.1, 0.15) is 28.8 Å². The summed E-state index contributed by atoms with van der Waals surface area (Å²) in [6.07, 6.45) is 3.40. The molecule has 1 saturated carbocycles. The number of hydrogen-bond acceptors (Lipinski definition) is 5. The van der Waals surface area contributed by atoms with Gasteiger partial charge in [0.25, 0.3) is 5.91 Å². The van der Waals surface area contributed by atoms with Crippen molar-refractivity contribution in [3.63, 3.8) is 0 Å². The Labute approximate surface area is 155 Å². The average molecular weight is 362 g/mol. The van der Waals surface area contributed by atoms with Crippen molar-refractivity contribution in [1.29, 1.82) is 0 Å². The van der Waals surface area contributed by atoms with Gasteiger partial charge in [-0.1, -0.05) is 6.07 Å². The molecule has 1 heterocycles. The molecule has 2 amide bonds. The van der Waals surface area contributed by atoms with E-state index in [1.807, 2.05) is 6.92 Å². The van der Waals surface area contributed by atoms with E-state index in [1.165, 1.54) is 6.33 Å². The molecule has 1 aliphatic rings. The van der Waals surface area contributed by atoms with E-state index in [2.05, 4.69) is 26.2 Å². The Morgan fingerprint density at radius 1 is 1.07 bits per heavy atom. The van der Waals surface area contributed by atoms with Crippen LogP contribution in [0, 0.1) is 12.8 Å². The summed E-state index contributed by atoms with van der Waals surface area (Å²) in [5.74, 6) is -0.0655. The number of aryl methyl sites for hydroxylation is 1. The summed E-state index contributed by atoms with van der Waals surface area (Å²) in [6, 6.07) is 12.4. The number of carbonyl (C=O) groups is 2. The number of rotatable bonds is 5. The van der Waals surface area contributed by atoms with Gasteiger partial charge in [-0.05, 0) is 72.2 Å². The van der Waals surface area contributed by atoms with Crippen molar-refractivity contribution in [2.45, 2.75) is 19.8 Å². The van der Waals surface area contributed by atoms with Gasteiger partial charge in [0, 0.05) is 22.9 Å². The first-order chi connectivity index (χ1) is 13.1. The zero-order valence-electron chi connectivity index (χ0n) is 14.7. The summed E-state index contributed by atoms with van der Waals surface area (Å²) in [7, 11) is 0. The molecule has 0 aliphatic heterocycles. The minimum Gasteiger partial charge on any atom is -0.326 e. The predicted octanol–water partition coefficient (Wildman–Crippen LogP) is 2.57. The molecular weight excluding hydrogens is 344 g/mol. The average Bonchev–Trinajstić information content (AvgIpc) is 3.37. The lowest BCUT2D eigenvalue weighted by Crippen LogP contribution is -2.15. The van der Waals surface area contributed by atoms with Crippen LogP contribution in [0.2, 0.25) is 0 Å². The quantitative estimate of drug-likeness (QED) is 0.726. The smallest absolute Gasteiger partial charge is 0.255 e. The molecule has 0 bridgehead atoms. The van der Waals surface area contributed by atoms with Crippen LogP contribution in [0.15, 0.2) is 48.8 Å². The van der Waals surface area contributed by atoms with Crippen LogP contribution in [0.3, 0.4) is 0 Å². The lowest BCUT2D eigenvalue weighted by atomic mass is 10.1. The first kappa shape index (κ1) is 16.9. The molecule has 0 atom stereocenters. The highest BCUT2D eigenvalue weighted by atomic mass is 16.2. The van der Waals surface area contributed by atoms with Crippen LogP contribution in [0.25, 0.3) is 5.69 Å². The minimum atomic E-state index is -0.230. The second kappa shape index (κ2) is 6.99. The Balaban J connectivity index is 1.47. The molecule has 2 N–H and O–H groups in total. The van der Waals surface area contributed by atoms with Gasteiger partial charge in [-0.3, -0.25) is 9.59 Å². The number of nitrogens with one attached hydrogen (secondary N) is 2. The van der Waals surface area contributed by atoms with Gasteiger partial charge < -0.3 is 10.6 Å². The van der Waals surface area contributed by atoms with Crippen LogP contribution in [-0.4, -0.2) is 32.0 Å². The first-order valence-corrected chi connectivity index (χ1v) is 8.66. The highest BCUT2D eigenvalue weighted by Gasteiger charge is 2.29. The second-order valence-electron chi connectivity index (χ2n) is 6.55. The predicted molar refractivity (Wildman–Crippen MR) is 99.6 cm³/mol. The number of tetrazole rings is 1. The van der Waals surface area contributed by atoms with Gasteiger partial charge in [0.05, 0.1) is 5.69 Å². The third-order valence-electron chi connectivity index (χ3n) is 4.39. The lowest BCUT2D eigenvalue weighted by Gasteiger charge is -2.10. The Hall–Kier alpha value is -3.55. The molecule has 0 unspecified atom stereocenters. The normalized spacial score (nSPS) is 13.2. The summed E-state index contributed by atoms with van der Waals surface area (Å²) >= 11 is 0. The summed E-state index contributed by atoms with van der Waals surface area (Å²) in [6.45, 7) is 1.89. The molecule has 4 rings (SSSR count). The molecule has 8 nitrogen and oxygen atoms in total. The molecule has 8 heteroatoms. The van der Waals surface area contributed by atoms with Gasteiger partial charge in [0.1, 0.15) is 6.33 Å². The summed E-state index contributed by atoms with van der Waals surface area (Å²) in [4.78, 5) is 24.5. The molecule has 1 aromatic heterocycles. The van der Waals surface area contributed by atoms with E-state index >= 15 is 0 Å². The number of benzene rings is 2. The number of hydrogen-bond donors (Lipinski definition) is 2. The monoisotopic (exact) mass is 362 g/mol. The first-order valence-electron chi connectivity index (χ1n) is 8.66.